The molecule has 3 aromatic carbocycles. The standard InChI is InChI=1S/C29H35N3O4S/c1-22-6-13-26(14-7-22)37(34,35)32(27-18-23(2)8-15-28(27)36-3)21-29(33)30-19-24-9-11-25(12-10-24)20-31-16-4-5-17-31/h6-15,18H,4-5,16-17,19-21H2,1-3H3,(H,30,33). The summed E-state index contributed by atoms with van der Waals surface area (Å²) < 4.78 is 34.0. The summed E-state index contributed by atoms with van der Waals surface area (Å²) in [4.78, 5) is 15.6. The van der Waals surface area contributed by atoms with Gasteiger partial charge in [-0.2, -0.15) is 0 Å². The summed E-state index contributed by atoms with van der Waals surface area (Å²) in [5, 5.41) is 2.88. The molecule has 3 aromatic rings. The van der Waals surface area contributed by atoms with Gasteiger partial charge in [0.2, 0.25) is 5.91 Å². The van der Waals surface area contributed by atoms with E-state index in [1.807, 2.05) is 32.0 Å². The number of nitrogens with zero attached hydrogens (tertiary/aromatic N) is 2. The van der Waals surface area contributed by atoms with Gasteiger partial charge < -0.3 is 10.1 Å². The van der Waals surface area contributed by atoms with Gasteiger partial charge in [-0.05, 0) is 80.7 Å². The zero-order chi connectivity index (χ0) is 26.4. The van der Waals surface area contributed by atoms with Gasteiger partial charge in [0, 0.05) is 13.1 Å². The van der Waals surface area contributed by atoms with E-state index in [2.05, 4.69) is 22.3 Å². The third kappa shape index (κ3) is 6.70. The highest BCUT2D eigenvalue weighted by Gasteiger charge is 2.29. The number of methoxy groups -OCH3 is 1. The summed E-state index contributed by atoms with van der Waals surface area (Å²) in [6.45, 7) is 6.93. The Bertz CT molecular complexity index is 1320. The first-order valence-corrected chi connectivity index (χ1v) is 14.0. The summed E-state index contributed by atoms with van der Waals surface area (Å²) in [6, 6.07) is 20.1. The highest BCUT2D eigenvalue weighted by atomic mass is 32.2. The highest BCUT2D eigenvalue weighted by Crippen LogP contribution is 2.33. The van der Waals surface area contributed by atoms with Gasteiger partial charge in [-0.3, -0.25) is 14.0 Å². The molecule has 1 aliphatic rings. The second-order valence-corrected chi connectivity index (χ2v) is 11.4. The normalized spacial score (nSPS) is 13.9. The van der Waals surface area contributed by atoms with Gasteiger partial charge >= 0.3 is 0 Å². The van der Waals surface area contributed by atoms with Crippen LogP contribution in [0.1, 0.15) is 35.1 Å². The van der Waals surface area contributed by atoms with E-state index in [4.69, 9.17) is 4.74 Å². The van der Waals surface area contributed by atoms with Gasteiger partial charge in [0.25, 0.3) is 10.0 Å². The van der Waals surface area contributed by atoms with Crippen molar-refractivity contribution in [3.63, 3.8) is 0 Å². The van der Waals surface area contributed by atoms with Gasteiger partial charge in [-0.1, -0.05) is 48.0 Å². The van der Waals surface area contributed by atoms with Crippen LogP contribution >= 0.6 is 0 Å². The lowest BCUT2D eigenvalue weighted by Crippen LogP contribution is -2.41. The van der Waals surface area contributed by atoms with Gasteiger partial charge in [-0.15, -0.1) is 0 Å². The zero-order valence-electron chi connectivity index (χ0n) is 21.7. The van der Waals surface area contributed by atoms with Crippen LogP contribution in [0.15, 0.2) is 71.6 Å². The molecule has 0 atom stereocenters. The number of rotatable bonds is 10. The van der Waals surface area contributed by atoms with E-state index in [1.165, 1.54) is 25.5 Å². The largest absolute Gasteiger partial charge is 0.495 e. The molecule has 0 bridgehead atoms. The predicted molar refractivity (Wildman–Crippen MR) is 146 cm³/mol. The molecule has 1 heterocycles. The van der Waals surface area contributed by atoms with Crippen molar-refractivity contribution in [1.29, 1.82) is 0 Å². The molecule has 1 fully saturated rings. The number of aryl methyl sites for hydroxylation is 2. The number of benzene rings is 3. The minimum Gasteiger partial charge on any atom is -0.495 e. The lowest BCUT2D eigenvalue weighted by molar-refractivity contribution is -0.119. The third-order valence-electron chi connectivity index (χ3n) is 6.62. The van der Waals surface area contributed by atoms with E-state index in [-0.39, 0.29) is 11.4 Å². The molecule has 0 radical (unpaired) electrons. The SMILES string of the molecule is COc1ccc(C)cc1N(CC(=O)NCc1ccc(CN2CCCC2)cc1)S(=O)(=O)c1ccc(C)cc1. The van der Waals surface area contributed by atoms with E-state index in [9.17, 15) is 13.2 Å². The molecular formula is C29H35N3O4S. The number of carbonyl (C=O) groups is 1. The number of hydrogen-bond donors (Lipinski definition) is 1. The number of anilines is 1. The molecule has 7 nitrogen and oxygen atoms in total. The summed E-state index contributed by atoms with van der Waals surface area (Å²) >= 11 is 0. The Morgan fingerprint density at radius 3 is 2.19 bits per heavy atom. The monoisotopic (exact) mass is 521 g/mol. The van der Waals surface area contributed by atoms with Crippen molar-refractivity contribution in [2.75, 3.05) is 31.0 Å². The number of sulfonamides is 1. The average Bonchev–Trinajstić information content (AvgIpc) is 3.40. The first kappa shape index (κ1) is 26.7. The lowest BCUT2D eigenvalue weighted by atomic mass is 10.1. The van der Waals surface area contributed by atoms with Crippen molar-refractivity contribution in [3.8, 4) is 5.75 Å². The Kier molecular flexibility index (Phi) is 8.51. The highest BCUT2D eigenvalue weighted by molar-refractivity contribution is 7.92. The van der Waals surface area contributed by atoms with E-state index in [0.717, 1.165) is 40.6 Å². The number of amides is 1. The number of likely N-dealkylation sites (tertiary alicyclic amines) is 1. The fraction of sp³-hybridized carbons (Fsp3) is 0.345. The smallest absolute Gasteiger partial charge is 0.264 e. The maximum Gasteiger partial charge on any atom is 0.264 e. The molecule has 1 amide bonds. The van der Waals surface area contributed by atoms with Gasteiger partial charge in [0.05, 0.1) is 17.7 Å². The number of nitrogens with one attached hydrogen (secondary N) is 1. The van der Waals surface area contributed by atoms with Crippen LogP contribution in [0.2, 0.25) is 0 Å². The van der Waals surface area contributed by atoms with Crippen molar-refractivity contribution in [2.45, 2.75) is 44.7 Å². The van der Waals surface area contributed by atoms with Crippen molar-refractivity contribution in [1.82, 2.24) is 10.2 Å². The van der Waals surface area contributed by atoms with Crippen molar-refractivity contribution >= 4 is 21.6 Å². The minimum absolute atomic E-state index is 0.114. The fourth-order valence-electron chi connectivity index (χ4n) is 4.48. The Balaban J connectivity index is 1.50. The molecule has 0 saturated carbocycles. The van der Waals surface area contributed by atoms with Crippen molar-refractivity contribution in [2.24, 2.45) is 0 Å². The van der Waals surface area contributed by atoms with E-state index < -0.39 is 15.9 Å². The molecular weight excluding hydrogens is 486 g/mol. The Hall–Kier alpha value is -3.36. The molecule has 37 heavy (non-hydrogen) atoms. The van der Waals surface area contributed by atoms with Crippen LogP contribution in [0, 0.1) is 13.8 Å². The van der Waals surface area contributed by atoms with E-state index in [1.54, 1.807) is 36.4 Å². The number of hydrogen-bond acceptors (Lipinski definition) is 5. The van der Waals surface area contributed by atoms with Crippen LogP contribution in [0.4, 0.5) is 5.69 Å². The summed E-state index contributed by atoms with van der Waals surface area (Å²) in [7, 11) is -2.54. The number of carbonyl (C=O) groups excluding carboxylic acids is 1. The summed E-state index contributed by atoms with van der Waals surface area (Å²) in [5.41, 5.74) is 4.33. The van der Waals surface area contributed by atoms with Gasteiger partial charge in [0.1, 0.15) is 12.3 Å². The Morgan fingerprint density at radius 2 is 1.54 bits per heavy atom. The van der Waals surface area contributed by atoms with Crippen molar-refractivity contribution < 1.29 is 17.9 Å². The Morgan fingerprint density at radius 1 is 0.919 bits per heavy atom. The zero-order valence-corrected chi connectivity index (χ0v) is 22.6. The molecule has 0 aliphatic carbocycles. The third-order valence-corrected chi connectivity index (χ3v) is 8.39. The molecule has 0 spiro atoms. The van der Waals surface area contributed by atoms with E-state index >= 15 is 0 Å². The average molecular weight is 522 g/mol. The first-order chi connectivity index (χ1) is 17.8. The van der Waals surface area contributed by atoms with Gasteiger partial charge in [-0.25, -0.2) is 8.42 Å². The predicted octanol–water partition coefficient (Wildman–Crippen LogP) is 4.42. The van der Waals surface area contributed by atoms with Crippen LogP contribution in [0.5, 0.6) is 5.75 Å². The molecule has 196 valence electrons. The molecule has 0 unspecified atom stereocenters. The summed E-state index contributed by atoms with van der Waals surface area (Å²) in [5.74, 6) is -0.0249. The minimum atomic E-state index is -4.03. The van der Waals surface area contributed by atoms with Crippen LogP contribution in [0.3, 0.4) is 0 Å². The maximum atomic E-state index is 13.7. The molecule has 4 rings (SSSR count). The topological polar surface area (TPSA) is 79.0 Å². The van der Waals surface area contributed by atoms with Crippen LogP contribution < -0.4 is 14.4 Å². The lowest BCUT2D eigenvalue weighted by Gasteiger charge is -2.26. The van der Waals surface area contributed by atoms with Crippen LogP contribution in [-0.4, -0.2) is 46.0 Å². The van der Waals surface area contributed by atoms with Crippen LogP contribution in [-0.2, 0) is 27.9 Å². The Labute approximate surface area is 220 Å². The quantitative estimate of drug-likeness (QED) is 0.427. The number of ether oxygens (including phenoxy) is 1. The summed E-state index contributed by atoms with van der Waals surface area (Å²) in [6.07, 6.45) is 2.52. The molecule has 1 aliphatic heterocycles. The first-order valence-electron chi connectivity index (χ1n) is 12.6. The van der Waals surface area contributed by atoms with Crippen LogP contribution in [0.25, 0.3) is 0 Å². The van der Waals surface area contributed by atoms with Gasteiger partial charge in [0.15, 0.2) is 0 Å². The van der Waals surface area contributed by atoms with E-state index in [0.29, 0.717) is 18.0 Å². The molecule has 1 saturated heterocycles. The molecule has 0 aromatic heterocycles. The second kappa shape index (κ2) is 11.8. The molecule has 1 N–H and O–H groups in total. The van der Waals surface area contributed by atoms with Crippen molar-refractivity contribution in [3.05, 3.63) is 89.0 Å². The maximum absolute atomic E-state index is 13.7. The molecule has 8 heteroatoms. The fourth-order valence-corrected chi connectivity index (χ4v) is 5.90. The second-order valence-electron chi connectivity index (χ2n) is 9.58.